The van der Waals surface area contributed by atoms with Crippen LogP contribution in [0.3, 0.4) is 0 Å². The first-order chi connectivity index (χ1) is 9.02. The lowest BCUT2D eigenvalue weighted by molar-refractivity contribution is 0.0818. The van der Waals surface area contributed by atoms with Gasteiger partial charge in [-0.15, -0.1) is 0 Å². The molecule has 0 radical (unpaired) electrons. The van der Waals surface area contributed by atoms with Gasteiger partial charge in [-0.05, 0) is 38.3 Å². The Morgan fingerprint density at radius 2 is 2.26 bits per heavy atom. The third kappa shape index (κ3) is 3.07. The van der Waals surface area contributed by atoms with E-state index in [0.717, 1.165) is 19.4 Å². The Bertz CT molecular complexity index is 438. The van der Waals surface area contributed by atoms with Gasteiger partial charge in [0.2, 0.25) is 0 Å². The van der Waals surface area contributed by atoms with Crippen molar-refractivity contribution in [2.24, 2.45) is 11.7 Å². The van der Waals surface area contributed by atoms with Crippen LogP contribution in [-0.2, 0) is 0 Å². The zero-order chi connectivity index (χ0) is 14.0. The molecule has 1 fully saturated rings. The Morgan fingerprint density at radius 1 is 1.53 bits per heavy atom. The molecule has 1 saturated heterocycles. The quantitative estimate of drug-likeness (QED) is 0.884. The van der Waals surface area contributed by atoms with Crippen LogP contribution in [0.5, 0.6) is 5.75 Å². The number of likely N-dealkylation sites (tertiary alicyclic amines) is 1. The van der Waals surface area contributed by atoms with E-state index < -0.39 is 0 Å². The number of piperidine rings is 1. The molecule has 1 aliphatic rings. The molecule has 3 N–H and O–H groups in total. The minimum absolute atomic E-state index is 0.0124. The number of phenolic OH excluding ortho intramolecular Hbond substituents is 1. The number of halogens is 1. The van der Waals surface area contributed by atoms with Crippen molar-refractivity contribution in [2.75, 3.05) is 13.1 Å². The number of hydrogen-bond acceptors (Lipinski definition) is 3. The van der Waals surface area contributed by atoms with E-state index in [0.29, 0.717) is 24.1 Å². The second kappa shape index (κ2) is 5.88. The Morgan fingerprint density at radius 3 is 2.89 bits per heavy atom. The standard InChI is InChI=1S/C15H23FN2O/c1-10-5-6-18(12(7-10)9-17)11(2)14-4-3-13(19)8-15(14)16/h3-4,8,10-12,19H,5-7,9,17H2,1-2H3. The van der Waals surface area contributed by atoms with Crippen molar-refractivity contribution in [3.05, 3.63) is 29.6 Å². The maximum atomic E-state index is 13.9. The Balaban J connectivity index is 2.20. The van der Waals surface area contributed by atoms with E-state index in [2.05, 4.69) is 11.8 Å². The van der Waals surface area contributed by atoms with Gasteiger partial charge in [0, 0.05) is 30.3 Å². The summed E-state index contributed by atoms with van der Waals surface area (Å²) in [4.78, 5) is 2.29. The fourth-order valence-electron chi connectivity index (χ4n) is 3.04. The molecule has 0 bridgehead atoms. The van der Waals surface area contributed by atoms with Crippen molar-refractivity contribution >= 4 is 0 Å². The zero-order valence-electron chi connectivity index (χ0n) is 11.6. The molecule has 19 heavy (non-hydrogen) atoms. The fourth-order valence-corrected chi connectivity index (χ4v) is 3.04. The molecule has 0 saturated carbocycles. The van der Waals surface area contributed by atoms with Crippen molar-refractivity contribution in [3.63, 3.8) is 0 Å². The van der Waals surface area contributed by atoms with E-state index in [4.69, 9.17) is 5.73 Å². The molecular weight excluding hydrogens is 243 g/mol. The Hall–Kier alpha value is -1.13. The largest absolute Gasteiger partial charge is 0.508 e. The van der Waals surface area contributed by atoms with Gasteiger partial charge in [-0.1, -0.05) is 13.0 Å². The second-order valence-electron chi connectivity index (χ2n) is 5.64. The molecule has 1 heterocycles. The summed E-state index contributed by atoms with van der Waals surface area (Å²) in [5.74, 6) is 0.305. The molecule has 0 aliphatic carbocycles. The summed E-state index contributed by atoms with van der Waals surface area (Å²) in [5, 5.41) is 9.29. The van der Waals surface area contributed by atoms with Crippen molar-refractivity contribution in [2.45, 2.75) is 38.8 Å². The summed E-state index contributed by atoms with van der Waals surface area (Å²) >= 11 is 0. The Labute approximate surface area is 114 Å². The third-order valence-corrected chi connectivity index (χ3v) is 4.23. The molecule has 3 unspecified atom stereocenters. The topological polar surface area (TPSA) is 49.5 Å². The van der Waals surface area contributed by atoms with Gasteiger partial charge in [0.05, 0.1) is 0 Å². The van der Waals surface area contributed by atoms with Gasteiger partial charge < -0.3 is 10.8 Å². The highest BCUT2D eigenvalue weighted by atomic mass is 19.1. The first kappa shape index (κ1) is 14.3. The lowest BCUT2D eigenvalue weighted by atomic mass is 9.90. The minimum atomic E-state index is -0.345. The first-order valence-corrected chi connectivity index (χ1v) is 6.97. The van der Waals surface area contributed by atoms with Gasteiger partial charge in [0.15, 0.2) is 0 Å². The predicted molar refractivity (Wildman–Crippen MR) is 74.4 cm³/mol. The smallest absolute Gasteiger partial charge is 0.131 e. The van der Waals surface area contributed by atoms with Crippen LogP contribution >= 0.6 is 0 Å². The lowest BCUT2D eigenvalue weighted by Crippen LogP contribution is -2.47. The molecule has 2 rings (SSSR count). The summed E-state index contributed by atoms with van der Waals surface area (Å²) in [7, 11) is 0. The van der Waals surface area contributed by atoms with E-state index in [-0.39, 0.29) is 17.6 Å². The van der Waals surface area contributed by atoms with Gasteiger partial charge in [0.25, 0.3) is 0 Å². The number of hydrogen-bond donors (Lipinski definition) is 2. The van der Waals surface area contributed by atoms with E-state index >= 15 is 0 Å². The van der Waals surface area contributed by atoms with E-state index in [1.54, 1.807) is 12.1 Å². The molecule has 3 atom stereocenters. The highest BCUT2D eigenvalue weighted by Crippen LogP contribution is 2.32. The average Bonchev–Trinajstić information content (AvgIpc) is 2.37. The minimum Gasteiger partial charge on any atom is -0.508 e. The molecule has 4 heteroatoms. The van der Waals surface area contributed by atoms with Crippen LogP contribution < -0.4 is 5.73 Å². The Kier molecular flexibility index (Phi) is 4.42. The van der Waals surface area contributed by atoms with Gasteiger partial charge in [-0.25, -0.2) is 4.39 Å². The number of rotatable bonds is 3. The number of phenols is 1. The number of nitrogens with zero attached hydrogens (tertiary/aromatic N) is 1. The highest BCUT2D eigenvalue weighted by Gasteiger charge is 2.30. The number of aromatic hydroxyl groups is 1. The maximum Gasteiger partial charge on any atom is 0.131 e. The van der Waals surface area contributed by atoms with E-state index in [1.807, 2.05) is 6.92 Å². The van der Waals surface area contributed by atoms with Crippen LogP contribution in [0.4, 0.5) is 4.39 Å². The summed E-state index contributed by atoms with van der Waals surface area (Å²) in [5.41, 5.74) is 6.49. The summed E-state index contributed by atoms with van der Waals surface area (Å²) in [6.45, 7) is 5.80. The number of nitrogens with two attached hydrogens (primary N) is 1. The van der Waals surface area contributed by atoms with Crippen molar-refractivity contribution in [1.82, 2.24) is 4.90 Å². The summed E-state index contributed by atoms with van der Waals surface area (Å²) in [6.07, 6.45) is 2.20. The van der Waals surface area contributed by atoms with Crippen molar-refractivity contribution in [3.8, 4) is 5.75 Å². The van der Waals surface area contributed by atoms with Crippen molar-refractivity contribution < 1.29 is 9.50 Å². The third-order valence-electron chi connectivity index (χ3n) is 4.23. The van der Waals surface area contributed by atoms with E-state index in [9.17, 15) is 9.50 Å². The van der Waals surface area contributed by atoms with Crippen molar-refractivity contribution in [1.29, 1.82) is 0 Å². The second-order valence-corrected chi connectivity index (χ2v) is 5.64. The van der Waals surface area contributed by atoms with Gasteiger partial charge in [0.1, 0.15) is 11.6 Å². The predicted octanol–water partition coefficient (Wildman–Crippen LogP) is 2.65. The van der Waals surface area contributed by atoms with Gasteiger partial charge in [-0.3, -0.25) is 4.90 Å². The summed E-state index contributed by atoms with van der Waals surface area (Å²) in [6, 6.07) is 4.68. The van der Waals surface area contributed by atoms with Crippen LogP contribution in [0, 0.1) is 11.7 Å². The molecule has 0 spiro atoms. The van der Waals surface area contributed by atoms with Crippen LogP contribution in [0.2, 0.25) is 0 Å². The molecule has 3 nitrogen and oxygen atoms in total. The molecule has 0 amide bonds. The summed E-state index contributed by atoms with van der Waals surface area (Å²) < 4.78 is 13.9. The fraction of sp³-hybridized carbons (Fsp3) is 0.600. The average molecular weight is 266 g/mol. The van der Waals surface area contributed by atoms with Gasteiger partial charge >= 0.3 is 0 Å². The molecular formula is C15H23FN2O. The molecule has 0 aromatic heterocycles. The number of benzene rings is 1. The zero-order valence-corrected chi connectivity index (χ0v) is 11.6. The molecule has 1 aromatic carbocycles. The molecule has 106 valence electrons. The van der Waals surface area contributed by atoms with Crippen LogP contribution in [0.25, 0.3) is 0 Å². The first-order valence-electron chi connectivity index (χ1n) is 6.97. The molecule has 1 aromatic rings. The SMILES string of the molecule is CC1CCN(C(C)c2ccc(O)cc2F)C(CN)C1. The van der Waals surface area contributed by atoms with Crippen LogP contribution in [0.1, 0.15) is 38.3 Å². The highest BCUT2D eigenvalue weighted by molar-refractivity contribution is 5.29. The molecule has 1 aliphatic heterocycles. The monoisotopic (exact) mass is 266 g/mol. The normalized spacial score (nSPS) is 26.3. The lowest BCUT2D eigenvalue weighted by Gasteiger charge is -2.42. The van der Waals surface area contributed by atoms with Crippen LogP contribution in [-0.4, -0.2) is 29.1 Å². The van der Waals surface area contributed by atoms with E-state index in [1.165, 1.54) is 6.07 Å². The maximum absolute atomic E-state index is 13.9. The van der Waals surface area contributed by atoms with Crippen LogP contribution in [0.15, 0.2) is 18.2 Å². The van der Waals surface area contributed by atoms with Gasteiger partial charge in [-0.2, -0.15) is 0 Å².